The van der Waals surface area contributed by atoms with E-state index >= 15 is 0 Å². The van der Waals surface area contributed by atoms with Crippen molar-refractivity contribution in [2.24, 2.45) is 0 Å². The topological polar surface area (TPSA) is 208 Å². The second-order valence-electron chi connectivity index (χ2n) is 12.9. The van der Waals surface area contributed by atoms with E-state index in [4.69, 9.17) is 9.47 Å². The van der Waals surface area contributed by atoms with Crippen LogP contribution in [0.25, 0.3) is 0 Å². The van der Waals surface area contributed by atoms with Crippen molar-refractivity contribution in [3.63, 3.8) is 0 Å². The van der Waals surface area contributed by atoms with E-state index in [1.54, 1.807) is 36.4 Å². The molecule has 0 aromatic heterocycles. The van der Waals surface area contributed by atoms with Crippen molar-refractivity contribution in [2.45, 2.75) is 65.2 Å². The van der Waals surface area contributed by atoms with Crippen molar-refractivity contribution in [1.82, 2.24) is 0 Å². The van der Waals surface area contributed by atoms with E-state index in [1.165, 1.54) is 24.3 Å². The van der Waals surface area contributed by atoms with E-state index in [0.29, 0.717) is 59.8 Å². The molecule has 52 heavy (non-hydrogen) atoms. The smallest absolute Gasteiger partial charge is 0.396 e. The Kier molecular flexibility index (Phi) is 12.1. The third-order valence-electron chi connectivity index (χ3n) is 8.93. The van der Waals surface area contributed by atoms with E-state index in [9.17, 15) is 48.5 Å². The first kappa shape index (κ1) is 38.9. The quantitative estimate of drug-likeness (QED) is 0.0577. The van der Waals surface area contributed by atoms with Gasteiger partial charge in [0.2, 0.25) is 0 Å². The number of para-hydroxylation sites is 2. The van der Waals surface area contributed by atoms with Crippen molar-refractivity contribution >= 4 is 26.2 Å². The van der Waals surface area contributed by atoms with E-state index in [1.807, 2.05) is 13.8 Å². The number of carbonyl (C=O) groups is 2. The number of benzene rings is 4. The zero-order valence-corrected chi connectivity index (χ0v) is 30.7. The van der Waals surface area contributed by atoms with Gasteiger partial charge in [-0.3, -0.25) is 18.7 Å². The molecule has 1 aliphatic carbocycles. The fraction of sp³-hybridized carbons (Fsp3) is 0.316. The first-order valence-corrected chi connectivity index (χ1v) is 20.2. The third kappa shape index (κ3) is 8.84. The Morgan fingerprint density at radius 3 is 1.10 bits per heavy atom. The molecule has 0 fully saturated rings. The molecular formula is C38H42O12P2. The molecule has 0 saturated carbocycles. The highest BCUT2D eigenvalue weighted by atomic mass is 31.2. The van der Waals surface area contributed by atoms with Crippen LogP contribution in [-0.2, 0) is 34.8 Å². The van der Waals surface area contributed by atoms with Gasteiger partial charge in [-0.25, -0.2) is 0 Å². The minimum Gasteiger partial charge on any atom is -0.507 e. The van der Waals surface area contributed by atoms with Crippen molar-refractivity contribution in [2.75, 3.05) is 13.2 Å². The Morgan fingerprint density at radius 1 is 0.558 bits per heavy atom. The molecule has 0 amide bonds. The van der Waals surface area contributed by atoms with Crippen LogP contribution in [0.1, 0.15) is 105 Å². The van der Waals surface area contributed by atoms with Crippen LogP contribution in [0.3, 0.4) is 0 Å². The number of hydrogen-bond acceptors (Lipinski definition) is 8. The molecule has 14 heteroatoms. The van der Waals surface area contributed by atoms with Gasteiger partial charge < -0.3 is 39.3 Å². The number of phenolic OH excluding ortho intramolecular Hbond substituents is 2. The Balaban J connectivity index is 1.82. The highest BCUT2D eigenvalue weighted by Crippen LogP contribution is 2.44. The van der Waals surface area contributed by atoms with E-state index in [2.05, 4.69) is 0 Å². The van der Waals surface area contributed by atoms with Crippen molar-refractivity contribution in [3.8, 4) is 23.0 Å². The summed E-state index contributed by atoms with van der Waals surface area (Å²) in [6.07, 6.45) is 2.92. The fourth-order valence-corrected chi connectivity index (χ4v) is 7.23. The van der Waals surface area contributed by atoms with Gasteiger partial charge in [-0.05, 0) is 81.6 Å². The molecule has 6 N–H and O–H groups in total. The van der Waals surface area contributed by atoms with Crippen molar-refractivity contribution < 1.29 is 58.0 Å². The van der Waals surface area contributed by atoms with Crippen LogP contribution < -0.4 is 9.47 Å². The summed E-state index contributed by atoms with van der Waals surface area (Å²) in [4.78, 5) is 65.3. The lowest BCUT2D eigenvalue weighted by atomic mass is 9.90. The number of ether oxygens (including phenoxy) is 2. The summed E-state index contributed by atoms with van der Waals surface area (Å²) in [5, 5.41) is 23.4. The summed E-state index contributed by atoms with van der Waals surface area (Å²) >= 11 is 0. The summed E-state index contributed by atoms with van der Waals surface area (Å²) in [7, 11) is -10.4. The predicted octanol–water partition coefficient (Wildman–Crippen LogP) is 6.77. The SMILES string of the molecule is CCCCOc1c2cccc1Cc1cc(C(=O)P(=O)(O)O)cc(c1O)Cc1cccc(c1OCCCC)Cc1cc(C(=O)P(=O)(O)O)cc(c1O)C2. The molecular weight excluding hydrogens is 710 g/mol. The third-order valence-corrected chi connectivity index (χ3v) is 10.5. The predicted molar refractivity (Wildman–Crippen MR) is 194 cm³/mol. The summed E-state index contributed by atoms with van der Waals surface area (Å²) < 4.78 is 36.8. The summed E-state index contributed by atoms with van der Waals surface area (Å²) in [6, 6.07) is 15.4. The van der Waals surface area contributed by atoms with Gasteiger partial charge in [0.15, 0.2) is 0 Å². The minimum atomic E-state index is -5.20. The van der Waals surface area contributed by atoms with E-state index in [0.717, 1.165) is 12.8 Å². The lowest BCUT2D eigenvalue weighted by Crippen LogP contribution is -2.09. The number of aromatic hydroxyl groups is 2. The van der Waals surface area contributed by atoms with Crippen LogP contribution >= 0.6 is 15.2 Å². The number of carbonyl (C=O) groups excluding carboxylic acids is 2. The lowest BCUT2D eigenvalue weighted by molar-refractivity contribution is 0.103. The summed E-state index contributed by atoms with van der Waals surface area (Å²) in [5.41, 5.74) is -0.267. The van der Waals surface area contributed by atoms with Crippen molar-refractivity contribution in [3.05, 3.63) is 116 Å². The first-order valence-electron chi connectivity index (χ1n) is 17.0. The number of rotatable bonds is 12. The molecule has 8 bridgehead atoms. The molecule has 0 atom stereocenters. The highest BCUT2D eigenvalue weighted by molar-refractivity contribution is 7.71. The van der Waals surface area contributed by atoms with Crippen LogP contribution in [-0.4, -0.2) is 54.0 Å². The van der Waals surface area contributed by atoms with Gasteiger partial charge in [0.05, 0.1) is 13.2 Å². The maximum absolute atomic E-state index is 13.0. The Morgan fingerprint density at radius 2 is 0.846 bits per heavy atom. The van der Waals surface area contributed by atoms with Gasteiger partial charge in [0.1, 0.15) is 23.0 Å². The lowest BCUT2D eigenvalue weighted by Gasteiger charge is -2.21. The van der Waals surface area contributed by atoms with Crippen LogP contribution in [0, 0.1) is 0 Å². The molecule has 0 radical (unpaired) electrons. The van der Waals surface area contributed by atoms with E-state index in [-0.39, 0.29) is 70.6 Å². The average Bonchev–Trinajstić information content (AvgIpc) is 3.08. The maximum atomic E-state index is 13.0. The number of unbranched alkanes of at least 4 members (excludes halogenated alkanes) is 2. The maximum Gasteiger partial charge on any atom is 0.396 e. The van der Waals surface area contributed by atoms with Gasteiger partial charge in [0, 0.05) is 36.8 Å². The second kappa shape index (κ2) is 16.2. The van der Waals surface area contributed by atoms with Gasteiger partial charge >= 0.3 is 15.2 Å². The van der Waals surface area contributed by atoms with E-state index < -0.39 is 26.2 Å². The Labute approximate surface area is 301 Å². The Bertz CT molecular complexity index is 1860. The minimum absolute atomic E-state index is 0.0235. The standard InChI is InChI=1S/C38H42O12P2/c1-3-5-13-49-35-23-9-7-10-24(35)16-28-20-32(38(42)52(46,47)48)22-30(34(28)40)18-26-12-8-11-25(36(26)50-14-6-4-2)17-29-21-31(37(41)51(43,44)45)19-27(15-23)33(29)39/h7-12,19-22,39-40H,3-6,13-18H2,1-2H3,(H2,43,44,45)(H2,46,47,48). The number of hydrogen-bond donors (Lipinski definition) is 6. The normalized spacial score (nSPS) is 13.0. The molecule has 4 aromatic rings. The molecule has 12 nitrogen and oxygen atoms in total. The second-order valence-corrected chi connectivity index (χ2v) is 15.9. The molecule has 4 aromatic carbocycles. The van der Waals surface area contributed by atoms with Crippen LogP contribution in [0.2, 0.25) is 0 Å². The molecule has 276 valence electrons. The van der Waals surface area contributed by atoms with Gasteiger partial charge in [-0.15, -0.1) is 0 Å². The highest BCUT2D eigenvalue weighted by Gasteiger charge is 2.31. The largest absolute Gasteiger partial charge is 0.507 e. The van der Waals surface area contributed by atoms with Crippen LogP contribution in [0.15, 0.2) is 60.7 Å². The first-order chi connectivity index (χ1) is 24.6. The van der Waals surface area contributed by atoms with Crippen molar-refractivity contribution in [1.29, 1.82) is 0 Å². The molecule has 5 rings (SSSR count). The zero-order chi connectivity index (χ0) is 37.8. The van der Waals surface area contributed by atoms with Crippen LogP contribution in [0.5, 0.6) is 23.0 Å². The Hall–Kier alpha value is -4.28. The molecule has 0 unspecified atom stereocenters. The number of fused-ring (bicyclic) bond motifs is 8. The summed E-state index contributed by atoms with van der Waals surface area (Å²) in [5.74, 6) is 0.431. The molecule has 0 spiro atoms. The number of phenols is 2. The molecule has 0 saturated heterocycles. The fourth-order valence-electron chi connectivity index (χ4n) is 6.30. The monoisotopic (exact) mass is 752 g/mol. The zero-order valence-electron chi connectivity index (χ0n) is 28.9. The molecule has 1 aliphatic rings. The average molecular weight is 753 g/mol. The van der Waals surface area contributed by atoms with Crippen LogP contribution in [0.4, 0.5) is 0 Å². The summed E-state index contributed by atoms with van der Waals surface area (Å²) in [6.45, 7) is 4.58. The molecule has 0 heterocycles. The molecule has 0 aliphatic heterocycles. The van der Waals surface area contributed by atoms with Gasteiger partial charge in [-0.2, -0.15) is 0 Å². The van der Waals surface area contributed by atoms with Gasteiger partial charge in [-0.1, -0.05) is 63.1 Å². The van der Waals surface area contributed by atoms with Gasteiger partial charge in [0.25, 0.3) is 11.0 Å².